The van der Waals surface area contributed by atoms with Crippen molar-refractivity contribution in [3.05, 3.63) is 182 Å². The lowest BCUT2D eigenvalue weighted by Crippen LogP contribution is -1.95. The largest absolute Gasteiger partial charge is 0.456 e. The van der Waals surface area contributed by atoms with Crippen molar-refractivity contribution in [1.29, 1.82) is 0 Å². The first-order valence-electron chi connectivity index (χ1n) is 17.4. The standard InChI is InChI=1S/C48H30N2O/c1-2-10-31(11-3-1)34-22-27-39-37-12-4-7-15-42(37)49(44(39)30-34)35-23-18-32(19-24-35)33-20-25-36(26-21-33)50-43-16-8-5-13-38(43)40-28-29-46-47(48(40)50)41-14-6-9-17-45(41)51-46/h1-30H. The van der Waals surface area contributed by atoms with Crippen LogP contribution in [-0.2, 0) is 0 Å². The highest BCUT2D eigenvalue weighted by Gasteiger charge is 2.19. The molecule has 0 aliphatic heterocycles. The molecule has 0 atom stereocenters. The predicted octanol–water partition coefficient (Wildman–Crippen LogP) is 13.1. The van der Waals surface area contributed by atoms with Crippen molar-refractivity contribution in [3.63, 3.8) is 0 Å². The topological polar surface area (TPSA) is 23.0 Å². The molecule has 51 heavy (non-hydrogen) atoms. The highest BCUT2D eigenvalue weighted by Crippen LogP contribution is 2.41. The van der Waals surface area contributed by atoms with Gasteiger partial charge in [-0.25, -0.2) is 0 Å². The molecule has 0 radical (unpaired) electrons. The van der Waals surface area contributed by atoms with Gasteiger partial charge in [-0.15, -0.1) is 0 Å². The van der Waals surface area contributed by atoms with E-state index in [0.29, 0.717) is 0 Å². The number of nitrogens with zero attached hydrogens (tertiary/aromatic N) is 2. The first kappa shape index (κ1) is 28.0. The summed E-state index contributed by atoms with van der Waals surface area (Å²) in [5.41, 5.74) is 13.7. The average Bonchev–Trinajstić information content (AvgIpc) is 3.86. The second-order valence-electron chi connectivity index (χ2n) is 13.3. The van der Waals surface area contributed by atoms with Crippen LogP contribution in [0, 0.1) is 0 Å². The molecule has 0 aliphatic rings. The Hall–Kier alpha value is -6.84. The van der Waals surface area contributed by atoms with E-state index in [-0.39, 0.29) is 0 Å². The number of hydrogen-bond acceptors (Lipinski definition) is 1. The third-order valence-electron chi connectivity index (χ3n) is 10.5. The van der Waals surface area contributed by atoms with Crippen LogP contribution in [0.25, 0.3) is 99.2 Å². The fraction of sp³-hybridized carbons (Fsp3) is 0. The van der Waals surface area contributed by atoms with Gasteiger partial charge in [0.15, 0.2) is 0 Å². The van der Waals surface area contributed by atoms with Crippen molar-refractivity contribution in [2.45, 2.75) is 0 Å². The molecule has 0 N–H and O–H groups in total. The molecule has 0 aliphatic carbocycles. The van der Waals surface area contributed by atoms with Crippen molar-refractivity contribution in [2.24, 2.45) is 0 Å². The molecule has 0 unspecified atom stereocenters. The molecule has 0 fully saturated rings. The quantitative estimate of drug-likeness (QED) is 0.186. The molecule has 11 rings (SSSR count). The van der Waals surface area contributed by atoms with Gasteiger partial charge in [-0.3, -0.25) is 0 Å². The fourth-order valence-electron chi connectivity index (χ4n) is 8.20. The Balaban J connectivity index is 1.02. The van der Waals surface area contributed by atoms with Crippen LogP contribution < -0.4 is 0 Å². The fourth-order valence-corrected chi connectivity index (χ4v) is 8.20. The molecule has 3 heterocycles. The normalized spacial score (nSPS) is 11.9. The Labute approximate surface area is 293 Å². The Morgan fingerprint density at radius 1 is 0.314 bits per heavy atom. The minimum atomic E-state index is 0.906. The van der Waals surface area contributed by atoms with Gasteiger partial charge in [0.05, 0.1) is 27.5 Å². The molecule has 0 saturated carbocycles. The van der Waals surface area contributed by atoms with Crippen LogP contribution in [0.4, 0.5) is 0 Å². The number of aromatic nitrogens is 2. The molecular formula is C48H30N2O. The summed E-state index contributed by atoms with van der Waals surface area (Å²) in [7, 11) is 0. The van der Waals surface area contributed by atoms with Crippen molar-refractivity contribution in [1.82, 2.24) is 9.13 Å². The summed E-state index contributed by atoms with van der Waals surface area (Å²) >= 11 is 0. The number of furan rings is 1. The van der Waals surface area contributed by atoms with Gasteiger partial charge in [0.1, 0.15) is 11.2 Å². The van der Waals surface area contributed by atoms with Crippen molar-refractivity contribution < 1.29 is 4.42 Å². The van der Waals surface area contributed by atoms with E-state index in [2.05, 4.69) is 185 Å². The summed E-state index contributed by atoms with van der Waals surface area (Å²) in [5.74, 6) is 0. The number of para-hydroxylation sites is 3. The first-order valence-corrected chi connectivity index (χ1v) is 17.4. The Morgan fingerprint density at radius 3 is 1.55 bits per heavy atom. The second-order valence-corrected chi connectivity index (χ2v) is 13.3. The maximum absolute atomic E-state index is 6.32. The van der Waals surface area contributed by atoms with Crippen LogP contribution in [0.15, 0.2) is 186 Å². The van der Waals surface area contributed by atoms with Crippen LogP contribution in [0.2, 0.25) is 0 Å². The molecular weight excluding hydrogens is 621 g/mol. The zero-order valence-electron chi connectivity index (χ0n) is 27.6. The van der Waals surface area contributed by atoms with E-state index in [1.165, 1.54) is 65.9 Å². The van der Waals surface area contributed by atoms with Gasteiger partial charge in [0.25, 0.3) is 0 Å². The van der Waals surface area contributed by atoms with Crippen molar-refractivity contribution >= 4 is 65.6 Å². The highest BCUT2D eigenvalue weighted by molar-refractivity contribution is 6.24. The monoisotopic (exact) mass is 650 g/mol. The van der Waals surface area contributed by atoms with Gasteiger partial charge in [-0.05, 0) is 82.9 Å². The number of rotatable bonds is 4. The molecule has 3 nitrogen and oxygen atoms in total. The summed E-state index contributed by atoms with van der Waals surface area (Å²) in [4.78, 5) is 0. The molecule has 238 valence electrons. The Morgan fingerprint density at radius 2 is 0.824 bits per heavy atom. The average molecular weight is 651 g/mol. The van der Waals surface area contributed by atoms with Gasteiger partial charge in [0, 0.05) is 38.3 Å². The predicted molar refractivity (Wildman–Crippen MR) is 213 cm³/mol. The second kappa shape index (κ2) is 10.8. The van der Waals surface area contributed by atoms with E-state index in [4.69, 9.17) is 4.42 Å². The molecule has 0 spiro atoms. The van der Waals surface area contributed by atoms with Gasteiger partial charge < -0.3 is 13.6 Å². The van der Waals surface area contributed by atoms with E-state index >= 15 is 0 Å². The molecule has 3 aromatic heterocycles. The van der Waals surface area contributed by atoms with Crippen molar-refractivity contribution in [3.8, 4) is 33.6 Å². The first-order chi connectivity index (χ1) is 25.3. The molecule has 0 bridgehead atoms. The van der Waals surface area contributed by atoms with Crippen molar-refractivity contribution in [2.75, 3.05) is 0 Å². The molecule has 0 amide bonds. The van der Waals surface area contributed by atoms with Crippen LogP contribution in [0.3, 0.4) is 0 Å². The third-order valence-corrected chi connectivity index (χ3v) is 10.5. The van der Waals surface area contributed by atoms with E-state index in [1.54, 1.807) is 0 Å². The van der Waals surface area contributed by atoms with E-state index < -0.39 is 0 Å². The van der Waals surface area contributed by atoms with E-state index in [0.717, 1.165) is 33.3 Å². The summed E-state index contributed by atoms with van der Waals surface area (Å²) in [5, 5.41) is 7.28. The minimum absolute atomic E-state index is 0.906. The van der Waals surface area contributed by atoms with Gasteiger partial charge in [0.2, 0.25) is 0 Å². The van der Waals surface area contributed by atoms with Gasteiger partial charge >= 0.3 is 0 Å². The zero-order chi connectivity index (χ0) is 33.5. The third kappa shape index (κ3) is 4.19. The molecule has 3 heteroatoms. The number of fused-ring (bicyclic) bond motifs is 10. The lowest BCUT2D eigenvalue weighted by atomic mass is 10.0. The Bertz CT molecular complexity index is 3100. The lowest BCUT2D eigenvalue weighted by Gasteiger charge is -2.12. The van der Waals surface area contributed by atoms with Gasteiger partial charge in [-0.1, -0.05) is 121 Å². The maximum Gasteiger partial charge on any atom is 0.137 e. The summed E-state index contributed by atoms with van der Waals surface area (Å²) in [6.07, 6.45) is 0. The van der Waals surface area contributed by atoms with Crippen LogP contribution in [0.5, 0.6) is 0 Å². The van der Waals surface area contributed by atoms with Crippen LogP contribution in [-0.4, -0.2) is 9.13 Å². The lowest BCUT2D eigenvalue weighted by molar-refractivity contribution is 0.669. The number of hydrogen-bond donors (Lipinski definition) is 0. The summed E-state index contributed by atoms with van der Waals surface area (Å²) in [6.45, 7) is 0. The van der Waals surface area contributed by atoms with Crippen LogP contribution >= 0.6 is 0 Å². The van der Waals surface area contributed by atoms with E-state index in [1.807, 2.05) is 6.07 Å². The molecule has 11 aromatic rings. The van der Waals surface area contributed by atoms with E-state index in [9.17, 15) is 0 Å². The smallest absolute Gasteiger partial charge is 0.137 e. The summed E-state index contributed by atoms with van der Waals surface area (Å²) < 4.78 is 11.1. The molecule has 0 saturated heterocycles. The SMILES string of the molecule is c1ccc(-c2ccc3c4ccccc4n(-c4ccc(-c5ccc(-n6c7ccccc7c7ccc8oc9ccccc9c8c76)cc5)cc4)c3c2)cc1. The van der Waals surface area contributed by atoms with Crippen LogP contribution in [0.1, 0.15) is 0 Å². The maximum atomic E-state index is 6.32. The highest BCUT2D eigenvalue weighted by atomic mass is 16.3. The summed E-state index contributed by atoms with van der Waals surface area (Å²) in [6, 6.07) is 65.4. The molecule has 8 aromatic carbocycles. The zero-order valence-corrected chi connectivity index (χ0v) is 27.6. The Kier molecular flexibility index (Phi) is 5.96. The number of benzene rings is 8. The van der Waals surface area contributed by atoms with Gasteiger partial charge in [-0.2, -0.15) is 0 Å². The minimum Gasteiger partial charge on any atom is -0.456 e.